The minimum absolute atomic E-state index is 0.0660. The highest BCUT2D eigenvalue weighted by Gasteiger charge is 2.27. The Balaban J connectivity index is 2.45. The van der Waals surface area contributed by atoms with Gasteiger partial charge in [0.05, 0.1) is 25.8 Å². The Hall–Kier alpha value is -2.80. The van der Waals surface area contributed by atoms with Crippen LogP contribution in [-0.4, -0.2) is 31.4 Å². The van der Waals surface area contributed by atoms with E-state index in [0.717, 1.165) is 15.6 Å². The van der Waals surface area contributed by atoms with Crippen molar-refractivity contribution in [1.29, 1.82) is 0 Å². The first-order valence-corrected chi connectivity index (χ1v) is 12.5. The third kappa shape index (κ3) is 8.73. The van der Waals surface area contributed by atoms with Crippen molar-refractivity contribution in [2.24, 2.45) is 5.92 Å². The lowest BCUT2D eigenvalue weighted by molar-refractivity contribution is -0.143. The molecule has 0 fully saturated rings. The number of halogens is 1. The standard InChI is InChI=1S/C28H36BrNO5/c1-8-34-26(31)17-25(21-9-11-22(29)12-10-21)20(3)19(2)18-30(27(32)35-28(4,5)6)23-13-15-24(33-7)16-14-23/h9-16,18,20,25H,8,17H2,1-7H3/b19-18-/t20-,25-/m1/s1. The molecule has 2 rings (SSSR count). The van der Waals surface area contributed by atoms with Crippen LogP contribution in [0.1, 0.15) is 59.4 Å². The largest absolute Gasteiger partial charge is 0.497 e. The van der Waals surface area contributed by atoms with E-state index in [2.05, 4.69) is 22.9 Å². The molecule has 2 aromatic carbocycles. The van der Waals surface area contributed by atoms with Crippen LogP contribution in [0.3, 0.4) is 0 Å². The van der Waals surface area contributed by atoms with Gasteiger partial charge in [-0.1, -0.05) is 40.6 Å². The van der Waals surface area contributed by atoms with E-state index in [1.165, 1.54) is 4.90 Å². The number of amides is 1. The fourth-order valence-corrected chi connectivity index (χ4v) is 3.88. The van der Waals surface area contributed by atoms with Crippen LogP contribution in [0.15, 0.2) is 64.8 Å². The predicted molar refractivity (Wildman–Crippen MR) is 143 cm³/mol. The summed E-state index contributed by atoms with van der Waals surface area (Å²) >= 11 is 3.47. The van der Waals surface area contributed by atoms with Gasteiger partial charge in [0.2, 0.25) is 0 Å². The second-order valence-corrected chi connectivity index (χ2v) is 10.3. The molecule has 0 aliphatic heterocycles. The van der Waals surface area contributed by atoms with Gasteiger partial charge in [-0.2, -0.15) is 0 Å². The van der Waals surface area contributed by atoms with Crippen molar-refractivity contribution in [2.45, 2.75) is 59.5 Å². The molecule has 0 heterocycles. The molecule has 2 atom stereocenters. The Labute approximate surface area is 217 Å². The number of anilines is 1. The minimum atomic E-state index is -0.654. The van der Waals surface area contributed by atoms with Gasteiger partial charge in [-0.3, -0.25) is 9.69 Å². The van der Waals surface area contributed by atoms with Crippen LogP contribution in [0.2, 0.25) is 0 Å². The number of hydrogen-bond donors (Lipinski definition) is 0. The highest BCUT2D eigenvalue weighted by atomic mass is 79.9. The van der Waals surface area contributed by atoms with Crippen molar-refractivity contribution < 1.29 is 23.8 Å². The second-order valence-electron chi connectivity index (χ2n) is 9.38. The maximum atomic E-state index is 13.2. The topological polar surface area (TPSA) is 65.1 Å². The smallest absolute Gasteiger partial charge is 0.418 e. The van der Waals surface area contributed by atoms with E-state index in [9.17, 15) is 9.59 Å². The summed E-state index contributed by atoms with van der Waals surface area (Å²) in [6.45, 7) is 11.6. The number of rotatable bonds is 9. The molecule has 35 heavy (non-hydrogen) atoms. The number of benzene rings is 2. The maximum absolute atomic E-state index is 13.2. The van der Waals surface area contributed by atoms with Gasteiger partial charge in [0.1, 0.15) is 11.4 Å². The molecular formula is C28H36BrNO5. The first-order chi connectivity index (χ1) is 16.4. The quantitative estimate of drug-likeness (QED) is 0.305. The summed E-state index contributed by atoms with van der Waals surface area (Å²) < 4.78 is 17.1. The summed E-state index contributed by atoms with van der Waals surface area (Å²) in [5.41, 5.74) is 1.94. The Morgan fingerprint density at radius 3 is 2.17 bits per heavy atom. The van der Waals surface area contributed by atoms with Crippen molar-refractivity contribution >= 4 is 33.7 Å². The van der Waals surface area contributed by atoms with Crippen molar-refractivity contribution in [3.63, 3.8) is 0 Å². The molecule has 6 nitrogen and oxygen atoms in total. The van der Waals surface area contributed by atoms with Crippen LogP contribution in [0, 0.1) is 5.92 Å². The molecule has 2 aromatic rings. The van der Waals surface area contributed by atoms with E-state index < -0.39 is 11.7 Å². The third-order valence-electron chi connectivity index (χ3n) is 5.59. The highest BCUT2D eigenvalue weighted by molar-refractivity contribution is 9.10. The third-order valence-corrected chi connectivity index (χ3v) is 6.11. The molecule has 0 N–H and O–H groups in total. The van der Waals surface area contributed by atoms with Crippen LogP contribution in [0.5, 0.6) is 5.75 Å². The predicted octanol–water partition coefficient (Wildman–Crippen LogP) is 7.48. The molecule has 0 unspecified atom stereocenters. The Kier molecular flexibility index (Phi) is 10.4. The van der Waals surface area contributed by atoms with E-state index >= 15 is 0 Å². The second kappa shape index (κ2) is 12.8. The molecule has 0 aromatic heterocycles. The average molecular weight is 547 g/mol. The van der Waals surface area contributed by atoms with E-state index in [0.29, 0.717) is 18.0 Å². The number of ether oxygens (including phenoxy) is 3. The van der Waals surface area contributed by atoms with Gasteiger partial charge in [0, 0.05) is 16.6 Å². The van der Waals surface area contributed by atoms with Gasteiger partial charge in [-0.05, 0) is 82.5 Å². The number of esters is 1. The van der Waals surface area contributed by atoms with Crippen LogP contribution < -0.4 is 9.64 Å². The molecule has 0 aliphatic rings. The lowest BCUT2D eigenvalue weighted by Crippen LogP contribution is -2.34. The lowest BCUT2D eigenvalue weighted by atomic mass is 9.81. The van der Waals surface area contributed by atoms with E-state index in [-0.39, 0.29) is 24.2 Å². The number of carbonyl (C=O) groups excluding carboxylic acids is 2. The highest BCUT2D eigenvalue weighted by Crippen LogP contribution is 2.35. The van der Waals surface area contributed by atoms with Gasteiger partial charge >= 0.3 is 12.1 Å². The summed E-state index contributed by atoms with van der Waals surface area (Å²) in [4.78, 5) is 27.1. The fourth-order valence-electron chi connectivity index (χ4n) is 3.62. The number of carbonyl (C=O) groups is 2. The Morgan fingerprint density at radius 1 is 1.06 bits per heavy atom. The molecule has 0 aliphatic carbocycles. The minimum Gasteiger partial charge on any atom is -0.497 e. The average Bonchev–Trinajstić information content (AvgIpc) is 2.80. The Bertz CT molecular complexity index is 1010. The van der Waals surface area contributed by atoms with Gasteiger partial charge in [-0.25, -0.2) is 4.79 Å². The summed E-state index contributed by atoms with van der Waals surface area (Å²) in [5, 5.41) is 0. The van der Waals surface area contributed by atoms with Crippen LogP contribution in [0.25, 0.3) is 0 Å². The van der Waals surface area contributed by atoms with Gasteiger partial charge in [0.15, 0.2) is 0 Å². The van der Waals surface area contributed by atoms with E-state index in [1.807, 2.05) is 64.1 Å². The maximum Gasteiger partial charge on any atom is 0.418 e. The molecule has 0 radical (unpaired) electrons. The summed E-state index contributed by atoms with van der Waals surface area (Å²) in [6.07, 6.45) is 1.54. The van der Waals surface area contributed by atoms with E-state index in [1.54, 1.807) is 32.4 Å². The van der Waals surface area contributed by atoms with Gasteiger partial charge in [0.25, 0.3) is 0 Å². The van der Waals surface area contributed by atoms with Crippen molar-refractivity contribution in [3.05, 3.63) is 70.3 Å². The van der Waals surface area contributed by atoms with Gasteiger partial charge < -0.3 is 14.2 Å². The zero-order valence-corrected chi connectivity index (χ0v) is 23.2. The first-order valence-electron chi connectivity index (χ1n) is 11.7. The first kappa shape index (κ1) is 28.4. The molecule has 0 bridgehead atoms. The molecule has 0 spiro atoms. The zero-order valence-electron chi connectivity index (χ0n) is 21.6. The van der Waals surface area contributed by atoms with Crippen LogP contribution in [0.4, 0.5) is 10.5 Å². The SMILES string of the molecule is CCOC(=O)C[C@@H](c1ccc(Br)cc1)[C@H](C)/C(C)=C\N(C(=O)OC(C)(C)C)c1ccc(OC)cc1. The molecule has 1 amide bonds. The molecule has 0 saturated carbocycles. The molecular weight excluding hydrogens is 510 g/mol. The lowest BCUT2D eigenvalue weighted by Gasteiger charge is -2.28. The number of allylic oxidation sites excluding steroid dienone is 1. The summed E-state index contributed by atoms with van der Waals surface area (Å²) in [7, 11) is 1.60. The number of nitrogens with zero attached hydrogens (tertiary/aromatic N) is 1. The van der Waals surface area contributed by atoms with E-state index in [4.69, 9.17) is 14.2 Å². The normalized spacial score (nSPS) is 13.5. The number of methoxy groups -OCH3 is 1. The zero-order chi connectivity index (χ0) is 26.2. The molecule has 190 valence electrons. The fraction of sp³-hybridized carbons (Fsp3) is 0.429. The molecule has 0 saturated heterocycles. The van der Waals surface area contributed by atoms with Crippen molar-refractivity contribution in [1.82, 2.24) is 0 Å². The van der Waals surface area contributed by atoms with Crippen LogP contribution >= 0.6 is 15.9 Å². The van der Waals surface area contributed by atoms with Gasteiger partial charge in [-0.15, -0.1) is 0 Å². The summed E-state index contributed by atoms with van der Waals surface area (Å²) in [5.74, 6) is 0.245. The van der Waals surface area contributed by atoms with Crippen molar-refractivity contribution in [2.75, 3.05) is 18.6 Å². The number of hydrogen-bond acceptors (Lipinski definition) is 5. The Morgan fingerprint density at radius 2 is 1.66 bits per heavy atom. The summed E-state index contributed by atoms with van der Waals surface area (Å²) in [6, 6.07) is 15.1. The van der Waals surface area contributed by atoms with Crippen molar-refractivity contribution in [3.8, 4) is 5.75 Å². The monoisotopic (exact) mass is 545 g/mol. The molecule has 7 heteroatoms. The van der Waals surface area contributed by atoms with Crippen LogP contribution in [-0.2, 0) is 14.3 Å².